The summed E-state index contributed by atoms with van der Waals surface area (Å²) >= 11 is 3.48. The van der Waals surface area contributed by atoms with E-state index in [1.54, 1.807) is 0 Å². The average molecular weight is 264 g/mol. The van der Waals surface area contributed by atoms with Crippen molar-refractivity contribution in [2.24, 2.45) is 0 Å². The highest BCUT2D eigenvalue weighted by Gasteiger charge is 2.00. The summed E-state index contributed by atoms with van der Waals surface area (Å²) in [4.78, 5) is 2.56. The number of unbranched alkanes of at least 4 members (excludes halogenated alkanes) is 4. The van der Waals surface area contributed by atoms with E-state index >= 15 is 0 Å². The van der Waals surface area contributed by atoms with Gasteiger partial charge in [-0.1, -0.05) is 55.5 Å². The molecule has 14 heavy (non-hydrogen) atoms. The number of halogens is 1. The highest BCUT2D eigenvalue weighted by Crippen LogP contribution is 2.04. The van der Waals surface area contributed by atoms with E-state index in [9.17, 15) is 0 Å². The summed E-state index contributed by atoms with van der Waals surface area (Å²) in [5.74, 6) is 0. The molecule has 0 saturated heterocycles. The van der Waals surface area contributed by atoms with Gasteiger partial charge in [0.05, 0.1) is 0 Å². The largest absolute Gasteiger partial charge is 0.304 e. The van der Waals surface area contributed by atoms with E-state index in [1.165, 1.54) is 58.2 Å². The third kappa shape index (κ3) is 9.01. The molecule has 1 nitrogen and oxygen atoms in total. The third-order valence-corrected chi connectivity index (χ3v) is 3.19. The van der Waals surface area contributed by atoms with Crippen molar-refractivity contribution in [1.29, 1.82) is 0 Å². The molecule has 0 amide bonds. The van der Waals surface area contributed by atoms with Crippen molar-refractivity contribution in [2.45, 2.75) is 52.4 Å². The Morgan fingerprint density at radius 2 is 1.50 bits per heavy atom. The topological polar surface area (TPSA) is 3.24 Å². The van der Waals surface area contributed by atoms with Gasteiger partial charge in [0, 0.05) is 5.33 Å². The number of hydrogen-bond donors (Lipinski definition) is 0. The van der Waals surface area contributed by atoms with Gasteiger partial charge in [0.15, 0.2) is 0 Å². The monoisotopic (exact) mass is 263 g/mol. The lowest BCUT2D eigenvalue weighted by Gasteiger charge is -2.19. The van der Waals surface area contributed by atoms with Gasteiger partial charge in [0.2, 0.25) is 0 Å². The molecule has 0 spiro atoms. The van der Waals surface area contributed by atoms with Crippen LogP contribution in [0.4, 0.5) is 0 Å². The van der Waals surface area contributed by atoms with E-state index < -0.39 is 0 Å². The van der Waals surface area contributed by atoms with Crippen LogP contribution in [0.2, 0.25) is 0 Å². The SMILES string of the molecule is CCCCCCCN(CC)CCCBr. The molecule has 0 fully saturated rings. The molecular formula is C12H26BrN. The van der Waals surface area contributed by atoms with Gasteiger partial charge in [0.1, 0.15) is 0 Å². The van der Waals surface area contributed by atoms with Crippen LogP contribution in [0.1, 0.15) is 52.4 Å². The summed E-state index contributed by atoms with van der Waals surface area (Å²) < 4.78 is 0. The van der Waals surface area contributed by atoms with Crippen molar-refractivity contribution in [1.82, 2.24) is 4.90 Å². The van der Waals surface area contributed by atoms with Gasteiger partial charge in [-0.05, 0) is 32.5 Å². The highest BCUT2D eigenvalue weighted by atomic mass is 79.9. The standard InChI is InChI=1S/C12H26BrN/c1-3-5-6-7-8-11-14(4-2)12-9-10-13/h3-12H2,1-2H3. The molecule has 0 heterocycles. The predicted molar refractivity (Wildman–Crippen MR) is 69.3 cm³/mol. The Morgan fingerprint density at radius 3 is 2.07 bits per heavy atom. The smallest absolute Gasteiger partial charge is 0.00434 e. The van der Waals surface area contributed by atoms with Gasteiger partial charge in [0.25, 0.3) is 0 Å². The van der Waals surface area contributed by atoms with Crippen LogP contribution in [0.3, 0.4) is 0 Å². The van der Waals surface area contributed by atoms with Crippen LogP contribution >= 0.6 is 15.9 Å². The van der Waals surface area contributed by atoms with Crippen molar-refractivity contribution in [2.75, 3.05) is 25.0 Å². The van der Waals surface area contributed by atoms with Gasteiger partial charge in [-0.3, -0.25) is 0 Å². The van der Waals surface area contributed by atoms with Crippen LogP contribution < -0.4 is 0 Å². The van der Waals surface area contributed by atoms with Crippen molar-refractivity contribution < 1.29 is 0 Å². The second-order valence-corrected chi connectivity index (χ2v) is 4.68. The first-order chi connectivity index (χ1) is 6.85. The number of nitrogens with zero attached hydrogens (tertiary/aromatic N) is 1. The lowest BCUT2D eigenvalue weighted by Crippen LogP contribution is -2.25. The molecule has 0 aliphatic rings. The minimum Gasteiger partial charge on any atom is -0.304 e. The second-order valence-electron chi connectivity index (χ2n) is 3.89. The van der Waals surface area contributed by atoms with Gasteiger partial charge in [-0.25, -0.2) is 0 Å². The van der Waals surface area contributed by atoms with Crippen molar-refractivity contribution >= 4 is 15.9 Å². The van der Waals surface area contributed by atoms with Crippen LogP contribution in [-0.2, 0) is 0 Å². The Bertz CT molecular complexity index is 106. The predicted octanol–water partition coefficient (Wildman–Crippen LogP) is 4.06. The van der Waals surface area contributed by atoms with Gasteiger partial charge in [-0.2, -0.15) is 0 Å². The molecule has 0 aliphatic carbocycles. The Labute approximate surface area is 98.4 Å². The summed E-state index contributed by atoms with van der Waals surface area (Å²) in [6.45, 7) is 8.30. The normalized spacial score (nSPS) is 11.1. The van der Waals surface area contributed by atoms with E-state index in [2.05, 4.69) is 34.7 Å². The zero-order valence-electron chi connectivity index (χ0n) is 9.90. The van der Waals surface area contributed by atoms with Crippen LogP contribution in [-0.4, -0.2) is 29.9 Å². The van der Waals surface area contributed by atoms with Gasteiger partial charge in [-0.15, -0.1) is 0 Å². The van der Waals surface area contributed by atoms with Crippen molar-refractivity contribution in [3.8, 4) is 0 Å². The average Bonchev–Trinajstić information content (AvgIpc) is 2.22. The molecule has 0 N–H and O–H groups in total. The molecule has 0 bridgehead atoms. The molecule has 2 heteroatoms. The quantitative estimate of drug-likeness (QED) is 0.425. The van der Waals surface area contributed by atoms with Crippen LogP contribution in [0.15, 0.2) is 0 Å². The number of alkyl halides is 1. The summed E-state index contributed by atoms with van der Waals surface area (Å²) in [6, 6.07) is 0. The molecule has 0 aromatic heterocycles. The molecule has 0 unspecified atom stereocenters. The summed E-state index contributed by atoms with van der Waals surface area (Å²) in [6.07, 6.45) is 8.26. The fourth-order valence-electron chi connectivity index (χ4n) is 1.65. The molecule has 0 aromatic carbocycles. The molecular weight excluding hydrogens is 238 g/mol. The molecule has 0 aromatic rings. The second kappa shape index (κ2) is 11.5. The third-order valence-electron chi connectivity index (χ3n) is 2.63. The maximum atomic E-state index is 3.48. The zero-order valence-corrected chi connectivity index (χ0v) is 11.5. The van der Waals surface area contributed by atoms with Crippen LogP contribution in [0.5, 0.6) is 0 Å². The Balaban J connectivity index is 3.24. The lowest BCUT2D eigenvalue weighted by atomic mass is 10.1. The van der Waals surface area contributed by atoms with Gasteiger partial charge < -0.3 is 4.90 Å². The number of hydrogen-bond acceptors (Lipinski definition) is 1. The van der Waals surface area contributed by atoms with E-state index in [4.69, 9.17) is 0 Å². The molecule has 0 atom stereocenters. The van der Waals surface area contributed by atoms with E-state index in [0.29, 0.717) is 0 Å². The molecule has 86 valence electrons. The molecule has 0 rings (SSSR count). The Morgan fingerprint density at radius 1 is 0.857 bits per heavy atom. The summed E-state index contributed by atoms with van der Waals surface area (Å²) in [7, 11) is 0. The first kappa shape index (κ1) is 14.4. The van der Waals surface area contributed by atoms with E-state index in [1.807, 2.05) is 0 Å². The maximum Gasteiger partial charge on any atom is 0.00434 e. The summed E-state index contributed by atoms with van der Waals surface area (Å²) in [5, 5.41) is 1.14. The Kier molecular flexibility index (Phi) is 11.9. The van der Waals surface area contributed by atoms with Crippen LogP contribution in [0.25, 0.3) is 0 Å². The lowest BCUT2D eigenvalue weighted by molar-refractivity contribution is 0.282. The molecule has 0 radical (unpaired) electrons. The minimum atomic E-state index is 1.14. The molecule has 0 aliphatic heterocycles. The van der Waals surface area contributed by atoms with Crippen molar-refractivity contribution in [3.05, 3.63) is 0 Å². The highest BCUT2D eigenvalue weighted by molar-refractivity contribution is 9.09. The van der Waals surface area contributed by atoms with Crippen LogP contribution in [0, 0.1) is 0 Å². The first-order valence-electron chi connectivity index (χ1n) is 6.13. The maximum absolute atomic E-state index is 3.48. The Hall–Kier alpha value is 0.440. The van der Waals surface area contributed by atoms with Crippen molar-refractivity contribution in [3.63, 3.8) is 0 Å². The minimum absolute atomic E-state index is 1.14. The molecule has 0 saturated carbocycles. The first-order valence-corrected chi connectivity index (χ1v) is 7.25. The van der Waals surface area contributed by atoms with E-state index in [0.717, 1.165) is 5.33 Å². The zero-order chi connectivity index (χ0) is 10.6. The fraction of sp³-hybridized carbons (Fsp3) is 1.00. The summed E-state index contributed by atoms with van der Waals surface area (Å²) in [5.41, 5.74) is 0. The van der Waals surface area contributed by atoms with E-state index in [-0.39, 0.29) is 0 Å². The number of rotatable bonds is 10. The van der Waals surface area contributed by atoms with Gasteiger partial charge >= 0.3 is 0 Å². The fourth-order valence-corrected chi connectivity index (χ4v) is 1.90.